The second kappa shape index (κ2) is 10.8. The van der Waals surface area contributed by atoms with Crippen LogP contribution in [-0.2, 0) is 4.79 Å². The van der Waals surface area contributed by atoms with Gasteiger partial charge < -0.3 is 15.5 Å². The molecule has 27 heavy (non-hydrogen) atoms. The minimum atomic E-state index is -0.691. The first-order valence-corrected chi connectivity index (χ1v) is 9.00. The maximum Gasteiger partial charge on any atom is 0.270 e. The molecule has 150 valence electrons. The summed E-state index contributed by atoms with van der Waals surface area (Å²) in [6.45, 7) is 6.09. The summed E-state index contributed by atoms with van der Waals surface area (Å²) in [7, 11) is 0. The summed E-state index contributed by atoms with van der Waals surface area (Å²) in [6.07, 6.45) is 2.65. The highest BCUT2D eigenvalue weighted by Gasteiger charge is 2.29. The lowest BCUT2D eigenvalue weighted by Crippen LogP contribution is -2.53. The molecular weight excluding hydrogens is 372 g/mol. The van der Waals surface area contributed by atoms with Crippen LogP contribution in [0.5, 0.6) is 0 Å². The number of carbonyl (C=O) groups is 2. The normalized spacial score (nSPS) is 15.3. The summed E-state index contributed by atoms with van der Waals surface area (Å²) in [6, 6.07) is 4.98. The molecule has 0 aromatic heterocycles. The van der Waals surface area contributed by atoms with Crippen molar-refractivity contribution in [1.29, 1.82) is 0 Å². The third-order valence-corrected chi connectivity index (χ3v) is 4.53. The van der Waals surface area contributed by atoms with Gasteiger partial charge in [-0.1, -0.05) is 13.0 Å². The van der Waals surface area contributed by atoms with Crippen molar-refractivity contribution < 1.29 is 14.5 Å². The molecule has 2 N–H and O–H groups in total. The standard InChI is InChI=1S/C18H26N4O4.ClH/c1-3-11-21(15-7-9-19-10-8-15)18(24)13(2)20-17(23)14-5-4-6-16(12-14)22(25)26;/h4-6,12-13,15,19H,3,7-11H2,1-2H3,(H,20,23);1H. The monoisotopic (exact) mass is 398 g/mol. The van der Waals surface area contributed by atoms with Crippen LogP contribution in [-0.4, -0.2) is 53.4 Å². The fraction of sp³-hybridized carbons (Fsp3) is 0.556. The summed E-state index contributed by atoms with van der Waals surface area (Å²) in [5.41, 5.74) is 0.0155. The minimum Gasteiger partial charge on any atom is -0.341 e. The van der Waals surface area contributed by atoms with Crippen LogP contribution < -0.4 is 10.6 Å². The van der Waals surface area contributed by atoms with Crippen molar-refractivity contribution >= 4 is 29.9 Å². The van der Waals surface area contributed by atoms with Crippen LogP contribution in [0.25, 0.3) is 0 Å². The van der Waals surface area contributed by atoms with Gasteiger partial charge in [0, 0.05) is 30.3 Å². The van der Waals surface area contributed by atoms with Gasteiger partial charge in [0.25, 0.3) is 11.6 Å². The van der Waals surface area contributed by atoms with Gasteiger partial charge in [0.15, 0.2) is 0 Å². The number of halogens is 1. The van der Waals surface area contributed by atoms with E-state index in [4.69, 9.17) is 0 Å². The van der Waals surface area contributed by atoms with E-state index >= 15 is 0 Å². The molecule has 9 heteroatoms. The number of piperidine rings is 1. The number of rotatable bonds is 7. The third kappa shape index (κ3) is 6.18. The third-order valence-electron chi connectivity index (χ3n) is 4.53. The highest BCUT2D eigenvalue weighted by molar-refractivity contribution is 5.97. The molecule has 1 fully saturated rings. The lowest BCUT2D eigenvalue weighted by Gasteiger charge is -2.36. The number of amides is 2. The molecule has 1 saturated heterocycles. The van der Waals surface area contributed by atoms with Crippen LogP contribution in [0.15, 0.2) is 24.3 Å². The first-order chi connectivity index (χ1) is 12.4. The Balaban J connectivity index is 0.00000364. The second-order valence-electron chi connectivity index (χ2n) is 6.52. The SMILES string of the molecule is CCCN(C(=O)C(C)NC(=O)c1cccc([N+](=O)[O-])c1)C1CCNCC1.Cl. The summed E-state index contributed by atoms with van der Waals surface area (Å²) < 4.78 is 0. The number of nitro benzene ring substituents is 1. The lowest BCUT2D eigenvalue weighted by molar-refractivity contribution is -0.384. The van der Waals surface area contributed by atoms with Crippen molar-refractivity contribution in [3.05, 3.63) is 39.9 Å². The van der Waals surface area contributed by atoms with E-state index in [1.54, 1.807) is 6.92 Å². The van der Waals surface area contributed by atoms with Crippen LogP contribution >= 0.6 is 12.4 Å². The Morgan fingerprint density at radius 1 is 1.37 bits per heavy atom. The number of nitrogens with zero attached hydrogens (tertiary/aromatic N) is 2. The fourth-order valence-corrected chi connectivity index (χ4v) is 3.18. The quantitative estimate of drug-likeness (QED) is 0.540. The Morgan fingerprint density at radius 2 is 2.04 bits per heavy atom. The van der Waals surface area contributed by atoms with Gasteiger partial charge in [-0.15, -0.1) is 12.4 Å². The molecule has 1 aromatic rings. The highest BCUT2D eigenvalue weighted by Crippen LogP contribution is 2.15. The van der Waals surface area contributed by atoms with Crippen molar-refractivity contribution in [3.8, 4) is 0 Å². The van der Waals surface area contributed by atoms with Crippen LogP contribution in [0.2, 0.25) is 0 Å². The lowest BCUT2D eigenvalue weighted by atomic mass is 10.0. The second-order valence-corrected chi connectivity index (χ2v) is 6.52. The molecular formula is C18H27ClN4O4. The Labute approximate surface area is 165 Å². The molecule has 0 spiro atoms. The fourth-order valence-electron chi connectivity index (χ4n) is 3.18. The predicted octanol–water partition coefficient (Wildman–Crippen LogP) is 2.13. The first-order valence-electron chi connectivity index (χ1n) is 9.00. The van der Waals surface area contributed by atoms with E-state index in [0.717, 1.165) is 32.4 Å². The Kier molecular flexibility index (Phi) is 9.17. The summed E-state index contributed by atoms with van der Waals surface area (Å²) in [5.74, 6) is -0.603. The molecule has 0 saturated carbocycles. The van der Waals surface area contributed by atoms with E-state index in [9.17, 15) is 19.7 Å². The van der Waals surface area contributed by atoms with Crippen molar-refractivity contribution in [2.75, 3.05) is 19.6 Å². The van der Waals surface area contributed by atoms with E-state index in [1.807, 2.05) is 11.8 Å². The average Bonchev–Trinajstić information content (AvgIpc) is 2.66. The van der Waals surface area contributed by atoms with Gasteiger partial charge >= 0.3 is 0 Å². The molecule has 0 bridgehead atoms. The van der Waals surface area contributed by atoms with Crippen LogP contribution in [0.1, 0.15) is 43.5 Å². The zero-order chi connectivity index (χ0) is 19.1. The molecule has 1 heterocycles. The number of benzene rings is 1. The molecule has 1 aliphatic rings. The Morgan fingerprint density at radius 3 is 2.63 bits per heavy atom. The first kappa shape index (κ1) is 22.9. The van der Waals surface area contributed by atoms with Crippen molar-refractivity contribution in [2.24, 2.45) is 0 Å². The number of nitrogens with one attached hydrogen (secondary N) is 2. The van der Waals surface area contributed by atoms with Gasteiger partial charge in [0.1, 0.15) is 6.04 Å². The number of non-ortho nitro benzene ring substituents is 1. The van der Waals surface area contributed by atoms with Gasteiger partial charge in [-0.05, 0) is 45.3 Å². The minimum absolute atomic E-state index is 0. The topological polar surface area (TPSA) is 105 Å². The van der Waals surface area contributed by atoms with Gasteiger partial charge in [-0.3, -0.25) is 19.7 Å². The van der Waals surface area contributed by atoms with Gasteiger partial charge in [0.2, 0.25) is 5.91 Å². The van der Waals surface area contributed by atoms with E-state index < -0.39 is 16.9 Å². The van der Waals surface area contributed by atoms with E-state index in [1.165, 1.54) is 24.3 Å². The number of hydrogen-bond acceptors (Lipinski definition) is 5. The largest absolute Gasteiger partial charge is 0.341 e. The molecule has 1 aliphatic heterocycles. The Hall–Kier alpha value is -2.19. The van der Waals surface area contributed by atoms with Crippen LogP contribution in [0, 0.1) is 10.1 Å². The molecule has 0 aliphatic carbocycles. The number of carbonyl (C=O) groups excluding carboxylic acids is 2. The number of hydrogen-bond donors (Lipinski definition) is 2. The number of nitro groups is 1. The summed E-state index contributed by atoms with van der Waals surface area (Å²) in [4.78, 5) is 37.4. The predicted molar refractivity (Wildman–Crippen MR) is 105 cm³/mol. The van der Waals surface area contributed by atoms with E-state index in [0.29, 0.717) is 6.54 Å². The van der Waals surface area contributed by atoms with Crippen LogP contribution in [0.3, 0.4) is 0 Å². The highest BCUT2D eigenvalue weighted by atomic mass is 35.5. The zero-order valence-electron chi connectivity index (χ0n) is 15.6. The van der Waals surface area contributed by atoms with Crippen molar-refractivity contribution in [1.82, 2.24) is 15.5 Å². The van der Waals surface area contributed by atoms with Crippen molar-refractivity contribution in [2.45, 2.75) is 45.2 Å². The molecule has 2 amide bonds. The van der Waals surface area contributed by atoms with Crippen LogP contribution in [0.4, 0.5) is 5.69 Å². The van der Waals surface area contributed by atoms with E-state index in [2.05, 4.69) is 10.6 Å². The molecule has 1 unspecified atom stereocenters. The molecule has 1 atom stereocenters. The van der Waals surface area contributed by atoms with Gasteiger partial charge in [-0.25, -0.2) is 0 Å². The van der Waals surface area contributed by atoms with Gasteiger partial charge in [-0.2, -0.15) is 0 Å². The molecule has 2 rings (SSSR count). The maximum atomic E-state index is 12.9. The maximum absolute atomic E-state index is 12.9. The van der Waals surface area contributed by atoms with E-state index in [-0.39, 0.29) is 35.6 Å². The Bertz CT molecular complexity index is 665. The van der Waals surface area contributed by atoms with Gasteiger partial charge in [0.05, 0.1) is 4.92 Å². The summed E-state index contributed by atoms with van der Waals surface area (Å²) in [5, 5.41) is 16.8. The van der Waals surface area contributed by atoms with Crippen molar-refractivity contribution in [3.63, 3.8) is 0 Å². The smallest absolute Gasteiger partial charge is 0.270 e. The molecule has 0 radical (unpaired) electrons. The zero-order valence-corrected chi connectivity index (χ0v) is 16.5. The molecule has 1 aromatic carbocycles. The summed E-state index contributed by atoms with van der Waals surface area (Å²) >= 11 is 0. The average molecular weight is 399 g/mol. The molecule has 8 nitrogen and oxygen atoms in total.